The Hall–Kier alpha value is -2.39. The lowest BCUT2D eigenvalue weighted by Gasteiger charge is -2.21. The van der Waals surface area contributed by atoms with E-state index in [4.69, 9.17) is 4.99 Å². The molecule has 2 N–H and O–H groups in total. The molecular formula is C19H28N6O2S. The number of guanidine groups is 1. The van der Waals surface area contributed by atoms with Gasteiger partial charge in [-0.25, -0.2) is 18.1 Å². The Morgan fingerprint density at radius 1 is 1.32 bits per heavy atom. The van der Waals surface area contributed by atoms with Gasteiger partial charge in [0.15, 0.2) is 5.96 Å². The van der Waals surface area contributed by atoms with Crippen molar-refractivity contribution in [3.8, 4) is 0 Å². The number of sulfonamides is 1. The maximum absolute atomic E-state index is 11.8. The van der Waals surface area contributed by atoms with Gasteiger partial charge in [-0.3, -0.25) is 4.68 Å². The molecule has 152 valence electrons. The van der Waals surface area contributed by atoms with Gasteiger partial charge in [0.1, 0.15) is 0 Å². The van der Waals surface area contributed by atoms with Crippen LogP contribution in [-0.2, 0) is 23.6 Å². The lowest BCUT2D eigenvalue weighted by molar-refractivity contribution is 0.486. The number of aliphatic imine (C=N–C) groups is 1. The third-order valence-electron chi connectivity index (χ3n) is 4.93. The standard InChI is InChI=1S/C19H28N6O2S/c1-4-21-19(25-10-9-16(14-25)17-12-23-24(3)13-17)22-11-15-5-7-18(8-6-15)28(26,27)20-2/h5-8,12-13,16,20H,4,9-11,14H2,1-3H3,(H,21,22). The minimum Gasteiger partial charge on any atom is -0.357 e. The van der Waals surface area contributed by atoms with Gasteiger partial charge < -0.3 is 10.2 Å². The van der Waals surface area contributed by atoms with Crippen LogP contribution in [0.1, 0.15) is 30.4 Å². The zero-order valence-corrected chi connectivity index (χ0v) is 17.4. The van der Waals surface area contributed by atoms with E-state index >= 15 is 0 Å². The quantitative estimate of drug-likeness (QED) is 0.559. The largest absolute Gasteiger partial charge is 0.357 e. The average molecular weight is 405 g/mol. The predicted octanol–water partition coefficient (Wildman–Crippen LogP) is 1.28. The number of nitrogens with zero attached hydrogens (tertiary/aromatic N) is 4. The first-order valence-electron chi connectivity index (χ1n) is 9.47. The molecule has 1 aromatic heterocycles. The number of benzene rings is 1. The van der Waals surface area contributed by atoms with Crippen molar-refractivity contribution in [2.24, 2.45) is 12.0 Å². The van der Waals surface area contributed by atoms with E-state index in [1.807, 2.05) is 17.9 Å². The average Bonchev–Trinajstić information content (AvgIpc) is 3.34. The van der Waals surface area contributed by atoms with Crippen LogP contribution in [0.5, 0.6) is 0 Å². The molecule has 0 spiro atoms. The third kappa shape index (κ3) is 4.71. The van der Waals surface area contributed by atoms with E-state index < -0.39 is 10.0 Å². The van der Waals surface area contributed by atoms with Gasteiger partial charge in [-0.2, -0.15) is 5.10 Å². The number of likely N-dealkylation sites (tertiary alicyclic amines) is 1. The number of nitrogens with one attached hydrogen (secondary N) is 2. The van der Waals surface area contributed by atoms with Gasteiger partial charge in [-0.15, -0.1) is 0 Å². The van der Waals surface area contributed by atoms with Crippen LogP contribution in [0.3, 0.4) is 0 Å². The van der Waals surface area contributed by atoms with Crippen LogP contribution in [0.15, 0.2) is 46.5 Å². The first kappa shape index (κ1) is 20.3. The van der Waals surface area contributed by atoms with Crippen molar-refractivity contribution in [1.82, 2.24) is 24.7 Å². The highest BCUT2D eigenvalue weighted by Crippen LogP contribution is 2.26. The topological polar surface area (TPSA) is 91.6 Å². The van der Waals surface area contributed by atoms with Gasteiger partial charge in [0.25, 0.3) is 0 Å². The van der Waals surface area contributed by atoms with Crippen LogP contribution in [0, 0.1) is 0 Å². The highest BCUT2D eigenvalue weighted by molar-refractivity contribution is 7.89. The second kappa shape index (κ2) is 8.74. The molecule has 28 heavy (non-hydrogen) atoms. The molecule has 1 saturated heterocycles. The molecule has 9 heteroatoms. The van der Waals surface area contributed by atoms with Crippen LogP contribution >= 0.6 is 0 Å². The van der Waals surface area contributed by atoms with Crippen molar-refractivity contribution in [2.75, 3.05) is 26.7 Å². The van der Waals surface area contributed by atoms with E-state index in [-0.39, 0.29) is 4.90 Å². The lowest BCUT2D eigenvalue weighted by atomic mass is 10.0. The summed E-state index contributed by atoms with van der Waals surface area (Å²) < 4.78 is 27.8. The Bertz CT molecular complexity index is 920. The van der Waals surface area contributed by atoms with Crippen molar-refractivity contribution in [3.05, 3.63) is 47.8 Å². The molecule has 2 heterocycles. The predicted molar refractivity (Wildman–Crippen MR) is 110 cm³/mol. The molecule has 1 aliphatic rings. The molecule has 1 fully saturated rings. The smallest absolute Gasteiger partial charge is 0.240 e. The molecule has 0 aliphatic carbocycles. The number of hydrogen-bond acceptors (Lipinski definition) is 4. The third-order valence-corrected chi connectivity index (χ3v) is 6.36. The first-order valence-corrected chi connectivity index (χ1v) is 11.0. The fraction of sp³-hybridized carbons (Fsp3) is 0.474. The van der Waals surface area contributed by atoms with Crippen molar-refractivity contribution in [3.63, 3.8) is 0 Å². The van der Waals surface area contributed by atoms with Crippen LogP contribution in [-0.4, -0.2) is 55.7 Å². The van der Waals surface area contributed by atoms with Crippen molar-refractivity contribution >= 4 is 16.0 Å². The zero-order valence-electron chi connectivity index (χ0n) is 16.6. The summed E-state index contributed by atoms with van der Waals surface area (Å²) in [5, 5.41) is 7.64. The normalized spacial score (nSPS) is 17.9. The maximum atomic E-state index is 11.8. The van der Waals surface area contributed by atoms with Gasteiger partial charge in [-0.1, -0.05) is 12.1 Å². The Balaban J connectivity index is 1.68. The maximum Gasteiger partial charge on any atom is 0.240 e. The van der Waals surface area contributed by atoms with Crippen LogP contribution < -0.4 is 10.0 Å². The molecule has 1 unspecified atom stereocenters. The Kier molecular flexibility index (Phi) is 6.35. The monoisotopic (exact) mass is 404 g/mol. The number of rotatable bonds is 6. The van der Waals surface area contributed by atoms with Crippen LogP contribution in [0.2, 0.25) is 0 Å². The second-order valence-electron chi connectivity index (χ2n) is 6.90. The lowest BCUT2D eigenvalue weighted by Crippen LogP contribution is -2.40. The Labute approximate surface area is 166 Å². The molecular weight excluding hydrogens is 376 g/mol. The summed E-state index contributed by atoms with van der Waals surface area (Å²) in [6.07, 6.45) is 5.10. The highest BCUT2D eigenvalue weighted by atomic mass is 32.2. The van der Waals surface area contributed by atoms with E-state index in [1.165, 1.54) is 12.6 Å². The van der Waals surface area contributed by atoms with Gasteiger partial charge in [0.2, 0.25) is 10.0 Å². The molecule has 0 amide bonds. The molecule has 3 rings (SSSR count). The van der Waals surface area contributed by atoms with Gasteiger partial charge in [-0.05, 0) is 43.7 Å². The summed E-state index contributed by atoms with van der Waals surface area (Å²) in [5.41, 5.74) is 2.23. The van der Waals surface area contributed by atoms with Gasteiger partial charge in [0, 0.05) is 38.8 Å². The van der Waals surface area contributed by atoms with Crippen molar-refractivity contribution in [2.45, 2.75) is 30.7 Å². The molecule has 0 radical (unpaired) electrons. The van der Waals surface area contributed by atoms with Crippen molar-refractivity contribution in [1.29, 1.82) is 0 Å². The second-order valence-corrected chi connectivity index (χ2v) is 8.79. The molecule has 0 saturated carbocycles. The molecule has 1 aromatic carbocycles. The summed E-state index contributed by atoms with van der Waals surface area (Å²) in [4.78, 5) is 7.29. The van der Waals surface area contributed by atoms with Crippen LogP contribution in [0.4, 0.5) is 0 Å². The first-order chi connectivity index (χ1) is 13.4. The summed E-state index contributed by atoms with van der Waals surface area (Å²) in [6, 6.07) is 6.83. The summed E-state index contributed by atoms with van der Waals surface area (Å²) in [7, 11) is -0.0648. The van der Waals surface area contributed by atoms with E-state index in [1.54, 1.807) is 24.3 Å². The minimum absolute atomic E-state index is 0.258. The number of aromatic nitrogens is 2. The van der Waals surface area contributed by atoms with E-state index in [9.17, 15) is 8.42 Å². The van der Waals surface area contributed by atoms with E-state index in [0.29, 0.717) is 12.5 Å². The fourth-order valence-electron chi connectivity index (χ4n) is 3.36. The summed E-state index contributed by atoms with van der Waals surface area (Å²) in [5.74, 6) is 1.35. The Morgan fingerprint density at radius 2 is 2.07 bits per heavy atom. The molecule has 1 aliphatic heterocycles. The van der Waals surface area contributed by atoms with E-state index in [2.05, 4.69) is 33.2 Å². The minimum atomic E-state index is -3.41. The van der Waals surface area contributed by atoms with Gasteiger partial charge in [0.05, 0.1) is 17.6 Å². The van der Waals surface area contributed by atoms with E-state index in [0.717, 1.165) is 37.6 Å². The summed E-state index contributed by atoms with van der Waals surface area (Å²) >= 11 is 0. The summed E-state index contributed by atoms with van der Waals surface area (Å²) in [6.45, 7) is 5.21. The highest BCUT2D eigenvalue weighted by Gasteiger charge is 2.26. The van der Waals surface area contributed by atoms with Gasteiger partial charge >= 0.3 is 0 Å². The SMILES string of the molecule is CCNC(=NCc1ccc(S(=O)(=O)NC)cc1)N1CCC(c2cnn(C)c2)C1. The fourth-order valence-corrected chi connectivity index (χ4v) is 4.09. The zero-order chi connectivity index (χ0) is 20.1. The number of aryl methyl sites for hydroxylation is 1. The number of hydrogen-bond donors (Lipinski definition) is 2. The van der Waals surface area contributed by atoms with Crippen LogP contribution in [0.25, 0.3) is 0 Å². The molecule has 8 nitrogen and oxygen atoms in total. The van der Waals surface area contributed by atoms with Crippen molar-refractivity contribution < 1.29 is 8.42 Å². The Morgan fingerprint density at radius 3 is 2.68 bits per heavy atom. The molecule has 0 bridgehead atoms. The molecule has 1 atom stereocenters. The molecule has 2 aromatic rings.